The molecule has 348 valence electrons. The summed E-state index contributed by atoms with van der Waals surface area (Å²) in [5, 5.41) is 9.26. The Morgan fingerprint density at radius 2 is 1.22 bits per heavy atom. The monoisotopic (exact) mass is 896 g/mol. The fourth-order valence-electron chi connectivity index (χ4n) is 7.34. The normalized spacial score (nSPS) is 22.5. The van der Waals surface area contributed by atoms with Crippen LogP contribution in [0.4, 0.5) is 9.59 Å². The lowest BCUT2D eigenvalue weighted by molar-refractivity contribution is -0.0147. The number of carbonyl (C=O) groups excluding carboxylic acids is 2. The number of aryl methyl sites for hydroxylation is 1. The summed E-state index contributed by atoms with van der Waals surface area (Å²) in [4.78, 5) is 35.8. The van der Waals surface area contributed by atoms with Crippen molar-refractivity contribution in [3.05, 3.63) is 77.9 Å². The molecule has 15 nitrogen and oxygen atoms in total. The van der Waals surface area contributed by atoms with Gasteiger partial charge in [0.2, 0.25) is 0 Å². The molecule has 6 atom stereocenters. The van der Waals surface area contributed by atoms with E-state index in [0.29, 0.717) is 37.3 Å². The van der Waals surface area contributed by atoms with Crippen LogP contribution in [0, 0.1) is 18.8 Å². The minimum absolute atomic E-state index is 0.0601. The van der Waals surface area contributed by atoms with Crippen molar-refractivity contribution in [2.75, 3.05) is 53.7 Å². The quantitative estimate of drug-likeness (QED) is 0.145. The Bertz CT molecular complexity index is 2050. The number of methoxy groups -OCH3 is 2. The van der Waals surface area contributed by atoms with Crippen LogP contribution < -0.4 is 4.74 Å². The van der Waals surface area contributed by atoms with Gasteiger partial charge in [0.1, 0.15) is 29.3 Å². The molecule has 4 fully saturated rings. The summed E-state index contributed by atoms with van der Waals surface area (Å²) >= 11 is 0. The topological polar surface area (TPSA) is 176 Å². The molecule has 16 heteroatoms. The molecule has 2 saturated heterocycles. The van der Waals surface area contributed by atoms with Crippen LogP contribution >= 0.6 is 0 Å². The predicted molar refractivity (Wildman–Crippen MR) is 237 cm³/mol. The Morgan fingerprint density at radius 1 is 0.730 bits per heavy atom. The summed E-state index contributed by atoms with van der Waals surface area (Å²) in [5.41, 5.74) is 2.32. The second kappa shape index (κ2) is 21.9. The molecule has 0 radical (unpaired) electrons. The maximum atomic E-state index is 12.2. The van der Waals surface area contributed by atoms with Crippen molar-refractivity contribution in [3.8, 4) is 11.5 Å². The van der Waals surface area contributed by atoms with Crippen molar-refractivity contribution in [2.24, 2.45) is 11.8 Å². The first-order valence-corrected chi connectivity index (χ1v) is 23.3. The van der Waals surface area contributed by atoms with Gasteiger partial charge in [0, 0.05) is 52.9 Å². The van der Waals surface area contributed by atoms with E-state index < -0.39 is 27.4 Å². The molecule has 0 spiro atoms. The largest absolute Gasteiger partial charge is 0.506 e. The number of rotatable bonds is 15. The molecular weight excluding hydrogens is 829 g/mol. The molecule has 63 heavy (non-hydrogen) atoms. The second-order valence-corrected chi connectivity index (χ2v) is 20.4. The smallest absolute Gasteiger partial charge is 0.410 e. The number of nitrogens with zero attached hydrogens (tertiary/aromatic N) is 4. The molecule has 1 aromatic carbocycles. The Hall–Kier alpha value is -4.51. The van der Waals surface area contributed by atoms with Crippen LogP contribution in [0.25, 0.3) is 0 Å². The van der Waals surface area contributed by atoms with Crippen molar-refractivity contribution >= 4 is 22.3 Å². The molecule has 4 heterocycles. The number of hydrogen-bond acceptors (Lipinski definition) is 13. The summed E-state index contributed by atoms with van der Waals surface area (Å²) in [7, 11) is -0.337. The van der Waals surface area contributed by atoms with Crippen LogP contribution in [0.15, 0.2) is 66.1 Å². The van der Waals surface area contributed by atoms with Crippen LogP contribution in [0.5, 0.6) is 11.5 Å². The number of carbonyl (C=O) groups is 2. The predicted octanol–water partition coefficient (Wildman–Crippen LogP) is 8.25. The van der Waals surface area contributed by atoms with E-state index in [1.165, 1.54) is 41.6 Å². The molecule has 0 unspecified atom stereocenters. The number of ether oxygens (including phenoxy) is 5. The standard InChI is InChI=1S/C20H30N2O4.C16H23NO5S.C11H15NO2/c1-20(2,3)26-19(23)22-7-5-16(22)13-25-17-9-15(11-21-12-17)18-10-14(18)6-8-24-4;1-12-5-7-14(8-6-12)23(19,20)21-11-13-9-10-17(13)15(18)22-16(2,3)4;1-14-3-2-8-5-11(8)9-4-10(13)7-12-6-9/h9,11-12,14,16,18H,5-8,10,13H2,1-4H3;5-8,13H,9-11H2,1-4H3;4,6-8,11,13H,2-3,5H2,1H3/t14-,16-,18-;13-;8-,11-/m000/s1. The Labute approximate surface area is 373 Å². The van der Waals surface area contributed by atoms with E-state index in [-0.39, 0.29) is 35.4 Å². The first-order valence-electron chi connectivity index (χ1n) is 21.9. The van der Waals surface area contributed by atoms with Crippen molar-refractivity contribution in [1.82, 2.24) is 19.8 Å². The summed E-state index contributed by atoms with van der Waals surface area (Å²) < 4.78 is 56.2. The molecule has 3 aromatic rings. The van der Waals surface area contributed by atoms with Gasteiger partial charge in [0.05, 0.1) is 36.0 Å². The number of benzene rings is 1. The molecule has 2 aliphatic carbocycles. The molecule has 2 amide bonds. The first-order chi connectivity index (χ1) is 29.8. The van der Waals surface area contributed by atoms with Crippen LogP contribution in [-0.4, -0.2) is 123 Å². The average Bonchev–Trinajstić information content (AvgIpc) is 4.11. The van der Waals surface area contributed by atoms with E-state index in [1.807, 2.05) is 46.2 Å². The number of hydrogen-bond donors (Lipinski definition) is 1. The van der Waals surface area contributed by atoms with Crippen molar-refractivity contribution in [2.45, 2.75) is 127 Å². The van der Waals surface area contributed by atoms with Crippen LogP contribution in [0.1, 0.15) is 109 Å². The Morgan fingerprint density at radius 3 is 1.68 bits per heavy atom. The number of aromatic hydroxyl groups is 1. The first kappa shape index (κ1) is 49.5. The van der Waals surface area contributed by atoms with Gasteiger partial charge in [-0.3, -0.25) is 14.2 Å². The van der Waals surface area contributed by atoms with Gasteiger partial charge in [-0.05, 0) is 146 Å². The summed E-state index contributed by atoms with van der Waals surface area (Å²) in [6, 6.07) is 10.1. The zero-order valence-corrected chi connectivity index (χ0v) is 39.3. The fraction of sp³-hybridized carbons (Fsp3) is 0.617. The number of aromatic nitrogens is 2. The zero-order valence-electron chi connectivity index (χ0n) is 38.4. The maximum Gasteiger partial charge on any atom is 0.410 e. The highest BCUT2D eigenvalue weighted by atomic mass is 32.2. The minimum Gasteiger partial charge on any atom is -0.506 e. The second-order valence-electron chi connectivity index (χ2n) is 18.8. The molecule has 0 bridgehead atoms. The lowest BCUT2D eigenvalue weighted by atomic mass is 10.1. The molecule has 2 saturated carbocycles. The highest BCUT2D eigenvalue weighted by Gasteiger charge is 2.40. The third kappa shape index (κ3) is 15.6. The SMILES string of the molecule is COCC[C@H]1C[C@@H]1c1cncc(O)c1.COCC[C@H]1C[C@@H]1c1cncc(OC[C@@H]2CCN2C(=O)OC(C)(C)C)c1.Cc1ccc(S(=O)(=O)OC[C@@H]2CCN2C(=O)OC(C)(C)C)cc1. The number of likely N-dealkylation sites (tertiary alicyclic amines) is 2. The number of pyridine rings is 2. The van der Waals surface area contributed by atoms with Crippen molar-refractivity contribution in [3.63, 3.8) is 0 Å². The highest BCUT2D eigenvalue weighted by molar-refractivity contribution is 7.86. The van der Waals surface area contributed by atoms with E-state index in [2.05, 4.69) is 16.0 Å². The van der Waals surface area contributed by atoms with Gasteiger partial charge in [-0.2, -0.15) is 8.42 Å². The fourth-order valence-corrected chi connectivity index (χ4v) is 8.28. The summed E-state index contributed by atoms with van der Waals surface area (Å²) in [5.74, 6) is 3.61. The molecule has 7 rings (SSSR count). The van der Waals surface area contributed by atoms with Crippen LogP contribution in [0.2, 0.25) is 0 Å². The van der Waals surface area contributed by atoms with Gasteiger partial charge >= 0.3 is 12.2 Å². The van der Waals surface area contributed by atoms with E-state index in [1.54, 1.807) is 58.2 Å². The average molecular weight is 897 g/mol. The van der Waals surface area contributed by atoms with E-state index >= 15 is 0 Å². The Kier molecular flexibility index (Phi) is 17.2. The van der Waals surface area contributed by atoms with E-state index in [0.717, 1.165) is 61.8 Å². The van der Waals surface area contributed by atoms with Crippen molar-refractivity contribution < 1.29 is 51.0 Å². The maximum absolute atomic E-state index is 12.2. The van der Waals surface area contributed by atoms with Crippen LogP contribution in [-0.2, 0) is 33.2 Å². The molecular formula is C47H68N4O11S. The zero-order chi connectivity index (χ0) is 46.0. The lowest BCUT2D eigenvalue weighted by Crippen LogP contribution is -2.55. The molecule has 1 N–H and O–H groups in total. The van der Waals surface area contributed by atoms with Gasteiger partial charge < -0.3 is 38.6 Å². The Balaban J connectivity index is 0.000000186. The third-order valence-corrected chi connectivity index (χ3v) is 12.6. The third-order valence-electron chi connectivity index (χ3n) is 11.3. The summed E-state index contributed by atoms with van der Waals surface area (Å²) in [6.45, 7) is 16.2. The highest BCUT2D eigenvalue weighted by Crippen LogP contribution is 2.50. The minimum atomic E-state index is -3.81. The molecule has 4 aliphatic rings. The van der Waals surface area contributed by atoms with Gasteiger partial charge in [-0.1, -0.05) is 17.7 Å². The van der Waals surface area contributed by atoms with Gasteiger partial charge in [-0.25, -0.2) is 9.59 Å². The van der Waals surface area contributed by atoms with Crippen LogP contribution in [0.3, 0.4) is 0 Å². The summed E-state index contributed by atoms with van der Waals surface area (Å²) in [6.07, 6.45) is 12.5. The van der Waals surface area contributed by atoms with E-state index in [4.69, 9.17) is 27.9 Å². The number of amides is 2. The van der Waals surface area contributed by atoms with Gasteiger partial charge in [0.25, 0.3) is 10.1 Å². The van der Waals surface area contributed by atoms with E-state index in [9.17, 15) is 23.1 Å². The van der Waals surface area contributed by atoms with Gasteiger partial charge in [-0.15, -0.1) is 0 Å². The lowest BCUT2D eigenvalue weighted by Gasteiger charge is -2.40. The molecule has 2 aliphatic heterocycles. The van der Waals surface area contributed by atoms with Crippen molar-refractivity contribution in [1.29, 1.82) is 0 Å². The van der Waals surface area contributed by atoms with Gasteiger partial charge in [0.15, 0.2) is 0 Å². The molecule has 2 aromatic heterocycles.